The van der Waals surface area contributed by atoms with Crippen molar-refractivity contribution in [1.29, 1.82) is 0 Å². The Bertz CT molecular complexity index is 819. The number of hydrogen-bond acceptors (Lipinski definition) is 6. The maximum atomic E-state index is 11.6. The molecule has 0 aromatic rings. The second-order valence-corrected chi connectivity index (χ2v) is 11.8. The predicted molar refractivity (Wildman–Crippen MR) is 116 cm³/mol. The second kappa shape index (κ2) is 7.27. The number of carbonyl (C=O) groups excluding carboxylic acids is 1. The van der Waals surface area contributed by atoms with E-state index >= 15 is 0 Å². The van der Waals surface area contributed by atoms with Crippen LogP contribution in [-0.4, -0.2) is 55.0 Å². The third-order valence-corrected chi connectivity index (χ3v) is 10.6. The predicted octanol–water partition coefficient (Wildman–Crippen LogP) is 3.46. The minimum Gasteiger partial charge on any atom is -0.455 e. The fourth-order valence-corrected chi connectivity index (χ4v) is 9.11. The van der Waals surface area contributed by atoms with Crippen molar-refractivity contribution in [1.82, 2.24) is 0 Å². The third kappa shape index (κ3) is 2.88. The lowest BCUT2D eigenvalue weighted by atomic mass is 9.45. The van der Waals surface area contributed by atoms with E-state index in [2.05, 4.69) is 26.8 Å². The zero-order valence-electron chi connectivity index (χ0n) is 19.8. The fraction of sp³-hybridized carbons (Fsp3) is 0.885. The number of hydrogen-bond donors (Lipinski definition) is 1. The molecule has 32 heavy (non-hydrogen) atoms. The van der Waals surface area contributed by atoms with Crippen molar-refractivity contribution in [3.8, 4) is 0 Å². The quantitative estimate of drug-likeness (QED) is 0.406. The average molecular weight is 447 g/mol. The first kappa shape index (κ1) is 21.6. The molecule has 6 rings (SSSR count). The lowest BCUT2D eigenvalue weighted by Gasteiger charge is -2.59. The Morgan fingerprint density at radius 3 is 2.66 bits per heavy atom. The minimum absolute atomic E-state index is 0.0233. The van der Waals surface area contributed by atoms with Crippen molar-refractivity contribution in [2.75, 3.05) is 13.2 Å². The Balaban J connectivity index is 1.29. The van der Waals surface area contributed by atoms with E-state index in [0.717, 1.165) is 6.42 Å². The first-order valence-corrected chi connectivity index (χ1v) is 12.7. The Kier molecular flexibility index (Phi) is 4.90. The number of aliphatic hydroxyl groups excluding tert-OH is 1. The molecule has 3 saturated carbocycles. The van der Waals surface area contributed by atoms with E-state index in [4.69, 9.17) is 18.9 Å². The topological polar surface area (TPSA) is 77.5 Å². The van der Waals surface area contributed by atoms with Gasteiger partial charge in [-0.25, -0.2) is 0 Å². The van der Waals surface area contributed by atoms with Gasteiger partial charge in [0.25, 0.3) is 0 Å². The number of carbonyl (C=O) groups is 1. The molecule has 6 heteroatoms. The van der Waals surface area contributed by atoms with Crippen LogP contribution in [0.1, 0.15) is 59.8 Å². The van der Waals surface area contributed by atoms with Crippen LogP contribution in [0.25, 0.3) is 0 Å². The van der Waals surface area contributed by atoms with Gasteiger partial charge in [0.2, 0.25) is 0 Å². The van der Waals surface area contributed by atoms with E-state index < -0.39 is 0 Å². The zero-order chi connectivity index (χ0) is 22.4. The van der Waals surface area contributed by atoms with Crippen LogP contribution in [0, 0.1) is 40.4 Å². The van der Waals surface area contributed by atoms with Crippen LogP contribution in [0.2, 0.25) is 0 Å². The molecule has 2 heterocycles. The molecule has 6 nitrogen and oxygen atoms in total. The van der Waals surface area contributed by atoms with Crippen LogP contribution in [0.4, 0.5) is 0 Å². The molecule has 0 spiro atoms. The Labute approximate surface area is 191 Å². The van der Waals surface area contributed by atoms with Crippen molar-refractivity contribution in [3.63, 3.8) is 0 Å². The molecule has 0 aromatic carbocycles. The number of ether oxygens (including phenoxy) is 4. The highest BCUT2D eigenvalue weighted by molar-refractivity contribution is 5.66. The Hall–Kier alpha value is -0.950. The first-order valence-electron chi connectivity index (χ1n) is 12.7. The SMILES string of the molecule is CC(=O)O[C@@H]1C=C2C[C@@H](O)[C@H]3[C@@H]4CC[C@H](C(C)C5OCCO5)[C@@]4(C)CC[C@@H]3[C@@]2(C)[C@H]2O[C@@H]12. The molecule has 6 aliphatic rings. The largest absolute Gasteiger partial charge is 0.455 e. The van der Waals surface area contributed by atoms with Crippen LogP contribution in [0.3, 0.4) is 0 Å². The lowest BCUT2D eigenvalue weighted by Crippen LogP contribution is -2.58. The van der Waals surface area contributed by atoms with E-state index in [-0.39, 0.29) is 47.5 Å². The maximum absolute atomic E-state index is 11.6. The summed E-state index contributed by atoms with van der Waals surface area (Å²) in [4.78, 5) is 11.6. The summed E-state index contributed by atoms with van der Waals surface area (Å²) in [5.41, 5.74) is 1.40. The molecule has 0 bridgehead atoms. The third-order valence-electron chi connectivity index (χ3n) is 10.6. The maximum Gasteiger partial charge on any atom is 0.303 e. The summed E-state index contributed by atoms with van der Waals surface area (Å²) in [5, 5.41) is 11.5. The van der Waals surface area contributed by atoms with Crippen LogP contribution < -0.4 is 0 Å². The van der Waals surface area contributed by atoms with E-state index in [1.165, 1.54) is 31.8 Å². The molecule has 5 fully saturated rings. The highest BCUT2D eigenvalue weighted by Crippen LogP contribution is 2.69. The van der Waals surface area contributed by atoms with Gasteiger partial charge < -0.3 is 24.1 Å². The standard InChI is InChI=1S/C26H38O6/c1-13(24-29-9-10-30-24)16-5-6-17-21-18(7-8-25(16,17)3)26(4)15(11-19(21)28)12-20(31-14(2)27)22-23(26)32-22/h12-13,16-24,28H,5-11H2,1-4H3/t13?,16-,17+,18+,19-,20-,21+,22+,23+,25-,26+/m1/s1. The van der Waals surface area contributed by atoms with Gasteiger partial charge in [-0.15, -0.1) is 0 Å². The normalized spacial score (nSPS) is 52.8. The van der Waals surface area contributed by atoms with Crippen LogP contribution in [-0.2, 0) is 23.7 Å². The van der Waals surface area contributed by atoms with Gasteiger partial charge in [-0.05, 0) is 67.3 Å². The van der Waals surface area contributed by atoms with Gasteiger partial charge in [-0.1, -0.05) is 26.3 Å². The summed E-state index contributed by atoms with van der Waals surface area (Å²) >= 11 is 0. The van der Waals surface area contributed by atoms with E-state index in [9.17, 15) is 9.90 Å². The Morgan fingerprint density at radius 1 is 1.19 bits per heavy atom. The highest BCUT2D eigenvalue weighted by atomic mass is 16.7. The zero-order valence-corrected chi connectivity index (χ0v) is 19.8. The van der Waals surface area contributed by atoms with Crippen molar-refractivity contribution >= 4 is 5.97 Å². The molecule has 0 amide bonds. The molecule has 178 valence electrons. The molecule has 2 saturated heterocycles. The number of rotatable bonds is 3. The van der Waals surface area contributed by atoms with Gasteiger partial charge in [0.15, 0.2) is 6.29 Å². The van der Waals surface area contributed by atoms with Crippen molar-refractivity contribution in [2.45, 2.75) is 90.5 Å². The molecule has 2 aliphatic heterocycles. The first-order chi connectivity index (χ1) is 15.2. The molecule has 1 N–H and O–H groups in total. The lowest BCUT2D eigenvalue weighted by molar-refractivity contribution is -0.146. The summed E-state index contributed by atoms with van der Waals surface area (Å²) in [6.07, 6.45) is 6.80. The summed E-state index contributed by atoms with van der Waals surface area (Å²) in [6.45, 7) is 10.0. The van der Waals surface area contributed by atoms with Gasteiger partial charge in [0, 0.05) is 18.3 Å². The Morgan fingerprint density at radius 2 is 1.94 bits per heavy atom. The van der Waals surface area contributed by atoms with Gasteiger partial charge in [-0.2, -0.15) is 0 Å². The minimum atomic E-state index is -0.342. The van der Waals surface area contributed by atoms with Gasteiger partial charge >= 0.3 is 5.97 Å². The summed E-state index contributed by atoms with van der Waals surface area (Å²) in [5.74, 6) is 1.91. The monoisotopic (exact) mass is 446 g/mol. The van der Waals surface area contributed by atoms with Crippen molar-refractivity contribution in [3.05, 3.63) is 11.6 Å². The van der Waals surface area contributed by atoms with Crippen LogP contribution in [0.15, 0.2) is 11.6 Å². The number of epoxide rings is 1. The number of esters is 1. The van der Waals surface area contributed by atoms with Crippen molar-refractivity contribution < 1.29 is 28.8 Å². The number of aliphatic hydroxyl groups is 1. The van der Waals surface area contributed by atoms with Gasteiger partial charge in [0.1, 0.15) is 12.2 Å². The fourth-order valence-electron chi connectivity index (χ4n) is 9.11. The molecular weight excluding hydrogens is 408 g/mol. The molecule has 4 aliphatic carbocycles. The molecular formula is C26H38O6. The van der Waals surface area contributed by atoms with Gasteiger partial charge in [-0.3, -0.25) is 4.79 Å². The summed E-state index contributed by atoms with van der Waals surface area (Å²) in [6, 6.07) is 0. The van der Waals surface area contributed by atoms with E-state index in [0.29, 0.717) is 49.2 Å². The number of fused-ring (bicyclic) bond motifs is 7. The van der Waals surface area contributed by atoms with Gasteiger partial charge in [0.05, 0.1) is 25.4 Å². The smallest absolute Gasteiger partial charge is 0.303 e. The van der Waals surface area contributed by atoms with Crippen LogP contribution >= 0.6 is 0 Å². The van der Waals surface area contributed by atoms with Crippen LogP contribution in [0.5, 0.6) is 0 Å². The molecule has 11 atom stereocenters. The molecule has 1 unspecified atom stereocenters. The molecule has 0 aromatic heterocycles. The van der Waals surface area contributed by atoms with E-state index in [1.807, 2.05) is 0 Å². The molecule has 0 radical (unpaired) electrons. The summed E-state index contributed by atoms with van der Waals surface area (Å²) < 4.78 is 23.5. The average Bonchev–Trinajstić information content (AvgIpc) is 3.22. The summed E-state index contributed by atoms with van der Waals surface area (Å²) in [7, 11) is 0. The van der Waals surface area contributed by atoms with Crippen molar-refractivity contribution in [2.24, 2.45) is 40.4 Å². The second-order valence-electron chi connectivity index (χ2n) is 11.8. The van der Waals surface area contributed by atoms with E-state index in [1.54, 1.807) is 0 Å². The highest BCUT2D eigenvalue weighted by Gasteiger charge is 2.69.